The van der Waals surface area contributed by atoms with Crippen molar-refractivity contribution >= 4 is 17.8 Å². The number of imide groups is 1. The maximum atomic E-state index is 12.4. The first kappa shape index (κ1) is 16.4. The van der Waals surface area contributed by atoms with Crippen LogP contribution in [-0.4, -0.2) is 64.9 Å². The van der Waals surface area contributed by atoms with E-state index in [0.29, 0.717) is 19.7 Å². The largest absolute Gasteiger partial charge is 0.372 e. The molecule has 0 spiro atoms. The van der Waals surface area contributed by atoms with E-state index < -0.39 is 6.03 Å². The molecule has 0 aliphatic carbocycles. The topological polar surface area (TPSA) is 91.8 Å². The van der Waals surface area contributed by atoms with Gasteiger partial charge in [0.05, 0.1) is 19.3 Å². The molecule has 2 aliphatic heterocycles. The zero-order valence-corrected chi connectivity index (χ0v) is 13.3. The number of ether oxygens (including phenoxy) is 1. The molecule has 1 N–H and O–H groups in total. The Bertz CT molecular complexity index is 606. The van der Waals surface area contributed by atoms with Gasteiger partial charge in [0.15, 0.2) is 0 Å². The molecule has 8 nitrogen and oxygen atoms in total. The fraction of sp³-hybridized carbons (Fsp3) is 0.500. The van der Waals surface area contributed by atoms with Crippen molar-refractivity contribution in [1.82, 2.24) is 20.1 Å². The Labute approximate surface area is 139 Å². The molecule has 0 bridgehead atoms. The molecule has 2 saturated heterocycles. The molecule has 0 saturated carbocycles. The number of carbonyl (C=O) groups is 3. The van der Waals surface area contributed by atoms with E-state index in [4.69, 9.17) is 4.74 Å². The number of carbonyl (C=O) groups excluding carboxylic acids is 3. The van der Waals surface area contributed by atoms with Crippen molar-refractivity contribution in [3.8, 4) is 0 Å². The van der Waals surface area contributed by atoms with E-state index in [1.807, 2.05) is 12.1 Å². The lowest BCUT2D eigenvalue weighted by atomic mass is 10.1. The van der Waals surface area contributed by atoms with E-state index >= 15 is 0 Å². The molecule has 2 aliphatic rings. The summed E-state index contributed by atoms with van der Waals surface area (Å²) in [6.07, 6.45) is 5.13. The highest BCUT2D eigenvalue weighted by Gasteiger charge is 2.33. The molecule has 0 radical (unpaired) electrons. The molecular formula is C16H20N4O4. The van der Waals surface area contributed by atoms with Crippen LogP contribution in [0.1, 0.15) is 18.4 Å². The number of piperidine rings is 1. The zero-order valence-electron chi connectivity index (χ0n) is 13.3. The number of likely N-dealkylation sites (tertiary alicyclic amines) is 1. The zero-order chi connectivity index (χ0) is 16.9. The minimum atomic E-state index is -0.505. The first-order valence-electron chi connectivity index (χ1n) is 8.00. The Balaban J connectivity index is 1.50. The van der Waals surface area contributed by atoms with Crippen molar-refractivity contribution in [2.24, 2.45) is 0 Å². The number of pyridine rings is 1. The SMILES string of the molecule is O=C(CN1C(=O)CNC1=O)N1CCC[C@@H](OCc2cccnc2)C1. The van der Waals surface area contributed by atoms with Crippen molar-refractivity contribution in [2.75, 3.05) is 26.2 Å². The van der Waals surface area contributed by atoms with Gasteiger partial charge in [-0.25, -0.2) is 4.79 Å². The van der Waals surface area contributed by atoms with Gasteiger partial charge in [0, 0.05) is 25.5 Å². The molecule has 3 heterocycles. The Morgan fingerprint density at radius 3 is 3.00 bits per heavy atom. The van der Waals surface area contributed by atoms with E-state index in [9.17, 15) is 14.4 Å². The highest BCUT2D eigenvalue weighted by atomic mass is 16.5. The van der Waals surface area contributed by atoms with Crippen LogP contribution in [0.15, 0.2) is 24.5 Å². The van der Waals surface area contributed by atoms with Gasteiger partial charge in [-0.3, -0.25) is 19.5 Å². The fourth-order valence-electron chi connectivity index (χ4n) is 2.85. The molecule has 8 heteroatoms. The molecular weight excluding hydrogens is 312 g/mol. The summed E-state index contributed by atoms with van der Waals surface area (Å²) >= 11 is 0. The number of urea groups is 1. The van der Waals surface area contributed by atoms with Gasteiger partial charge in [-0.15, -0.1) is 0 Å². The number of aromatic nitrogens is 1. The summed E-state index contributed by atoms with van der Waals surface area (Å²) in [5.41, 5.74) is 0.986. The standard InChI is InChI=1S/C16H20N4O4/c21-14-8-18-16(23)20(14)10-15(22)19-6-2-4-13(9-19)24-11-12-3-1-5-17-7-12/h1,3,5,7,13H,2,4,6,8-11H2,(H,18,23)/t13-/m1/s1. The van der Waals surface area contributed by atoms with Crippen molar-refractivity contribution < 1.29 is 19.1 Å². The van der Waals surface area contributed by atoms with Crippen LogP contribution in [0.5, 0.6) is 0 Å². The van der Waals surface area contributed by atoms with Crippen molar-refractivity contribution in [2.45, 2.75) is 25.6 Å². The first-order chi connectivity index (χ1) is 11.6. The highest BCUT2D eigenvalue weighted by molar-refractivity contribution is 6.04. The second-order valence-corrected chi connectivity index (χ2v) is 5.91. The smallest absolute Gasteiger partial charge is 0.325 e. The molecule has 2 fully saturated rings. The van der Waals surface area contributed by atoms with Gasteiger partial charge < -0.3 is 15.0 Å². The quantitative estimate of drug-likeness (QED) is 0.775. The lowest BCUT2D eigenvalue weighted by molar-refractivity contribution is -0.139. The summed E-state index contributed by atoms with van der Waals surface area (Å²) < 4.78 is 5.87. The van der Waals surface area contributed by atoms with Gasteiger partial charge in [0.1, 0.15) is 6.54 Å². The van der Waals surface area contributed by atoms with Crippen LogP contribution < -0.4 is 5.32 Å². The summed E-state index contributed by atoms with van der Waals surface area (Å²) in [4.78, 5) is 42.1. The lowest BCUT2D eigenvalue weighted by Crippen LogP contribution is -2.48. The monoisotopic (exact) mass is 332 g/mol. The molecule has 1 atom stereocenters. The van der Waals surface area contributed by atoms with Crippen LogP contribution in [0, 0.1) is 0 Å². The molecule has 128 valence electrons. The molecule has 1 aromatic rings. The molecule has 1 aromatic heterocycles. The molecule has 24 heavy (non-hydrogen) atoms. The van der Waals surface area contributed by atoms with Crippen molar-refractivity contribution in [3.63, 3.8) is 0 Å². The Hall–Kier alpha value is -2.48. The van der Waals surface area contributed by atoms with Gasteiger partial charge in [-0.2, -0.15) is 0 Å². The van der Waals surface area contributed by atoms with E-state index in [0.717, 1.165) is 23.3 Å². The van der Waals surface area contributed by atoms with Gasteiger partial charge in [-0.1, -0.05) is 6.07 Å². The summed E-state index contributed by atoms with van der Waals surface area (Å²) in [7, 11) is 0. The summed E-state index contributed by atoms with van der Waals surface area (Å²) in [6, 6.07) is 3.29. The van der Waals surface area contributed by atoms with E-state index in [1.54, 1.807) is 17.3 Å². The average molecular weight is 332 g/mol. The van der Waals surface area contributed by atoms with Gasteiger partial charge >= 0.3 is 6.03 Å². The predicted octanol–water partition coefficient (Wildman–Crippen LogP) is 0.141. The van der Waals surface area contributed by atoms with Crippen LogP contribution >= 0.6 is 0 Å². The molecule has 0 unspecified atom stereocenters. The maximum absolute atomic E-state index is 12.4. The van der Waals surface area contributed by atoms with E-state index in [2.05, 4.69) is 10.3 Å². The Morgan fingerprint density at radius 2 is 2.29 bits per heavy atom. The lowest BCUT2D eigenvalue weighted by Gasteiger charge is -2.33. The Kier molecular flexibility index (Phi) is 5.05. The number of hydrogen-bond acceptors (Lipinski definition) is 5. The van der Waals surface area contributed by atoms with Crippen LogP contribution in [0.3, 0.4) is 0 Å². The van der Waals surface area contributed by atoms with Crippen molar-refractivity contribution in [3.05, 3.63) is 30.1 Å². The molecule has 0 aromatic carbocycles. The maximum Gasteiger partial charge on any atom is 0.325 e. The van der Waals surface area contributed by atoms with E-state index in [-0.39, 0.29) is 31.0 Å². The van der Waals surface area contributed by atoms with Gasteiger partial charge in [0.25, 0.3) is 5.91 Å². The van der Waals surface area contributed by atoms with Crippen LogP contribution in [0.4, 0.5) is 4.79 Å². The van der Waals surface area contributed by atoms with Crippen molar-refractivity contribution in [1.29, 1.82) is 0 Å². The third-order valence-electron chi connectivity index (χ3n) is 4.17. The summed E-state index contributed by atoms with van der Waals surface area (Å²) in [5, 5.41) is 2.41. The number of hydrogen-bond donors (Lipinski definition) is 1. The van der Waals surface area contributed by atoms with Crippen LogP contribution in [0.2, 0.25) is 0 Å². The highest BCUT2D eigenvalue weighted by Crippen LogP contribution is 2.16. The van der Waals surface area contributed by atoms with Gasteiger partial charge in [0.2, 0.25) is 5.91 Å². The summed E-state index contributed by atoms with van der Waals surface area (Å²) in [5.74, 6) is -0.593. The molecule has 3 rings (SSSR count). The second kappa shape index (κ2) is 7.39. The third-order valence-corrected chi connectivity index (χ3v) is 4.17. The average Bonchev–Trinajstić information content (AvgIpc) is 2.93. The van der Waals surface area contributed by atoms with Crippen LogP contribution in [0.25, 0.3) is 0 Å². The number of amides is 4. The predicted molar refractivity (Wildman–Crippen MR) is 83.7 cm³/mol. The normalized spacial score (nSPS) is 21.1. The minimum absolute atomic E-state index is 0.0387. The summed E-state index contributed by atoms with van der Waals surface area (Å²) in [6.45, 7) is 1.30. The Morgan fingerprint density at radius 1 is 1.42 bits per heavy atom. The van der Waals surface area contributed by atoms with Crippen LogP contribution in [-0.2, 0) is 20.9 Å². The second-order valence-electron chi connectivity index (χ2n) is 5.91. The number of nitrogens with one attached hydrogen (secondary N) is 1. The third kappa shape index (κ3) is 3.88. The number of rotatable bonds is 5. The van der Waals surface area contributed by atoms with E-state index in [1.165, 1.54) is 0 Å². The fourth-order valence-corrected chi connectivity index (χ4v) is 2.85. The number of nitrogens with zero attached hydrogens (tertiary/aromatic N) is 3. The molecule has 4 amide bonds. The minimum Gasteiger partial charge on any atom is -0.372 e. The first-order valence-corrected chi connectivity index (χ1v) is 8.00. The van der Waals surface area contributed by atoms with Gasteiger partial charge in [-0.05, 0) is 24.5 Å².